The summed E-state index contributed by atoms with van der Waals surface area (Å²) in [5.41, 5.74) is 0.784. The Bertz CT molecular complexity index is 1040. The maximum atomic E-state index is 13.3. The number of carbonyl (C=O) groups is 2. The molecule has 0 heterocycles. The van der Waals surface area contributed by atoms with Crippen LogP contribution in [0.2, 0.25) is 10.0 Å². The number of likely N-dealkylation sites (N-methyl/N-ethyl adjacent to an activating group) is 1. The van der Waals surface area contributed by atoms with E-state index in [2.05, 4.69) is 21.2 Å². The van der Waals surface area contributed by atoms with Gasteiger partial charge in [-0.15, -0.1) is 0 Å². The minimum Gasteiger partial charge on any atom is -0.357 e. The highest BCUT2D eigenvalue weighted by atomic mass is 79.9. The van der Waals surface area contributed by atoms with E-state index in [0.29, 0.717) is 21.3 Å². The third-order valence-electron chi connectivity index (χ3n) is 4.60. The molecule has 0 radical (unpaired) electrons. The average Bonchev–Trinajstić information content (AvgIpc) is 2.70. The Kier molecular flexibility index (Phi) is 8.76. The van der Waals surface area contributed by atoms with Crippen molar-refractivity contribution in [1.29, 1.82) is 0 Å². The summed E-state index contributed by atoms with van der Waals surface area (Å²) in [6, 6.07) is 10.5. The van der Waals surface area contributed by atoms with Crippen molar-refractivity contribution < 1.29 is 18.0 Å². The summed E-state index contributed by atoms with van der Waals surface area (Å²) < 4.78 is 26.6. The molecule has 0 spiro atoms. The average molecular weight is 551 g/mol. The summed E-state index contributed by atoms with van der Waals surface area (Å²) in [6.45, 7) is 0.986. The van der Waals surface area contributed by atoms with Gasteiger partial charge in [-0.2, -0.15) is 0 Å². The van der Waals surface area contributed by atoms with Crippen LogP contribution < -0.4 is 9.62 Å². The van der Waals surface area contributed by atoms with Crippen molar-refractivity contribution in [2.75, 3.05) is 24.2 Å². The predicted octanol–water partition coefficient (Wildman–Crippen LogP) is 3.69. The molecule has 1 unspecified atom stereocenters. The third kappa shape index (κ3) is 6.58. The number of hydrogen-bond acceptors (Lipinski definition) is 4. The lowest BCUT2D eigenvalue weighted by Crippen LogP contribution is -2.50. The summed E-state index contributed by atoms with van der Waals surface area (Å²) in [4.78, 5) is 26.8. The van der Waals surface area contributed by atoms with Gasteiger partial charge in [0.1, 0.15) is 12.6 Å². The molecule has 31 heavy (non-hydrogen) atoms. The van der Waals surface area contributed by atoms with Crippen molar-refractivity contribution in [2.24, 2.45) is 0 Å². The molecule has 2 aromatic rings. The molecule has 0 saturated heterocycles. The number of sulfonamides is 1. The first-order valence-corrected chi connectivity index (χ1v) is 12.5. The van der Waals surface area contributed by atoms with E-state index < -0.39 is 34.4 Å². The molecule has 1 atom stereocenters. The number of benzene rings is 2. The van der Waals surface area contributed by atoms with Crippen molar-refractivity contribution in [1.82, 2.24) is 10.2 Å². The number of rotatable bonds is 8. The van der Waals surface area contributed by atoms with Crippen LogP contribution in [0, 0.1) is 0 Å². The number of carbonyl (C=O) groups excluding carboxylic acids is 2. The van der Waals surface area contributed by atoms with Crippen LogP contribution in [0.1, 0.15) is 12.5 Å². The van der Waals surface area contributed by atoms with Crippen LogP contribution in [0.15, 0.2) is 46.9 Å². The molecule has 0 fully saturated rings. The summed E-state index contributed by atoms with van der Waals surface area (Å²) in [5, 5.41) is 3.17. The van der Waals surface area contributed by atoms with E-state index in [-0.39, 0.29) is 6.54 Å². The molecule has 0 saturated carbocycles. The van der Waals surface area contributed by atoms with Crippen LogP contribution in [0.4, 0.5) is 5.69 Å². The van der Waals surface area contributed by atoms with E-state index >= 15 is 0 Å². The van der Waals surface area contributed by atoms with Crippen LogP contribution in [-0.4, -0.2) is 51.0 Å². The minimum absolute atomic E-state index is 0.0656. The molecule has 2 amide bonds. The summed E-state index contributed by atoms with van der Waals surface area (Å²) in [7, 11) is -2.33. The maximum Gasteiger partial charge on any atom is 0.244 e. The number of halogens is 3. The van der Waals surface area contributed by atoms with E-state index in [1.165, 1.54) is 11.9 Å². The van der Waals surface area contributed by atoms with Gasteiger partial charge in [-0.05, 0) is 43.3 Å². The van der Waals surface area contributed by atoms with E-state index in [4.69, 9.17) is 23.2 Å². The molecule has 7 nitrogen and oxygen atoms in total. The monoisotopic (exact) mass is 549 g/mol. The van der Waals surface area contributed by atoms with Gasteiger partial charge in [0.05, 0.1) is 11.9 Å². The Morgan fingerprint density at radius 3 is 2.13 bits per heavy atom. The lowest BCUT2D eigenvalue weighted by Gasteiger charge is -2.31. The number of nitrogens with zero attached hydrogens (tertiary/aromatic N) is 2. The van der Waals surface area contributed by atoms with E-state index in [9.17, 15) is 18.0 Å². The number of anilines is 1. The molecule has 0 bridgehead atoms. The number of nitrogens with one attached hydrogen (secondary N) is 1. The van der Waals surface area contributed by atoms with Crippen LogP contribution in [0.25, 0.3) is 0 Å². The van der Waals surface area contributed by atoms with Gasteiger partial charge in [-0.25, -0.2) is 8.42 Å². The second-order valence-corrected chi connectivity index (χ2v) is 10.4. The van der Waals surface area contributed by atoms with E-state index in [1.807, 2.05) is 0 Å². The van der Waals surface area contributed by atoms with Crippen molar-refractivity contribution in [3.8, 4) is 0 Å². The quantitative estimate of drug-likeness (QED) is 0.543. The van der Waals surface area contributed by atoms with Gasteiger partial charge in [0.2, 0.25) is 21.8 Å². The summed E-state index contributed by atoms with van der Waals surface area (Å²) in [6.07, 6.45) is 1.01. The maximum absolute atomic E-state index is 13.3. The highest BCUT2D eigenvalue weighted by Crippen LogP contribution is 2.27. The first kappa shape index (κ1) is 25.5. The fourth-order valence-electron chi connectivity index (χ4n) is 2.87. The van der Waals surface area contributed by atoms with Gasteiger partial charge >= 0.3 is 0 Å². The van der Waals surface area contributed by atoms with Crippen molar-refractivity contribution in [2.45, 2.75) is 19.5 Å². The molecule has 2 rings (SSSR count). The van der Waals surface area contributed by atoms with Gasteiger partial charge in [0.15, 0.2) is 0 Å². The highest BCUT2D eigenvalue weighted by Gasteiger charge is 2.30. The van der Waals surface area contributed by atoms with E-state index in [0.717, 1.165) is 15.0 Å². The topological polar surface area (TPSA) is 86.8 Å². The lowest BCUT2D eigenvalue weighted by atomic mass is 10.1. The Morgan fingerprint density at radius 1 is 1.10 bits per heavy atom. The molecular formula is C20H22BrCl2N3O4S. The van der Waals surface area contributed by atoms with Gasteiger partial charge in [-0.3, -0.25) is 13.9 Å². The lowest BCUT2D eigenvalue weighted by molar-refractivity contribution is -0.139. The van der Waals surface area contributed by atoms with Crippen molar-refractivity contribution in [3.63, 3.8) is 0 Å². The Hall–Kier alpha value is -1.81. The summed E-state index contributed by atoms with van der Waals surface area (Å²) in [5.74, 6) is -0.994. The van der Waals surface area contributed by atoms with Crippen molar-refractivity contribution >= 4 is 66.7 Å². The second-order valence-electron chi connectivity index (χ2n) is 6.76. The molecule has 1 N–H and O–H groups in total. The van der Waals surface area contributed by atoms with Crippen LogP contribution >= 0.6 is 39.1 Å². The van der Waals surface area contributed by atoms with Crippen LogP contribution in [-0.2, 0) is 26.2 Å². The van der Waals surface area contributed by atoms with Crippen LogP contribution in [0.3, 0.4) is 0 Å². The van der Waals surface area contributed by atoms with Gasteiger partial charge in [-0.1, -0.05) is 45.2 Å². The SMILES string of the molecule is CNC(=O)C(C)N(Cc1c(Cl)cccc1Cl)C(=O)CN(c1ccc(Br)cc1)S(C)(=O)=O. The predicted molar refractivity (Wildman–Crippen MR) is 127 cm³/mol. The number of amides is 2. The molecule has 0 aromatic heterocycles. The zero-order chi connectivity index (χ0) is 23.3. The van der Waals surface area contributed by atoms with Crippen LogP contribution in [0.5, 0.6) is 0 Å². The fourth-order valence-corrected chi connectivity index (χ4v) is 4.50. The Balaban J connectivity index is 2.43. The zero-order valence-corrected chi connectivity index (χ0v) is 21.0. The number of hydrogen-bond donors (Lipinski definition) is 1. The molecule has 168 valence electrons. The van der Waals surface area contributed by atoms with E-state index in [1.54, 1.807) is 49.4 Å². The smallest absolute Gasteiger partial charge is 0.244 e. The Morgan fingerprint density at radius 2 is 1.65 bits per heavy atom. The molecule has 11 heteroatoms. The third-order valence-corrected chi connectivity index (χ3v) is 6.98. The van der Waals surface area contributed by atoms with Gasteiger partial charge < -0.3 is 10.2 Å². The van der Waals surface area contributed by atoms with Gasteiger partial charge in [0.25, 0.3) is 0 Å². The minimum atomic E-state index is -3.78. The standard InChI is InChI=1S/C20H22BrCl2N3O4S/c1-13(20(28)24-2)25(11-16-17(22)5-4-6-18(16)23)19(27)12-26(31(3,29)30)15-9-7-14(21)8-10-15/h4-10,13H,11-12H2,1-3H3,(H,24,28). The van der Waals surface area contributed by atoms with Crippen molar-refractivity contribution in [3.05, 3.63) is 62.5 Å². The molecule has 0 aliphatic heterocycles. The zero-order valence-electron chi connectivity index (χ0n) is 17.1. The first-order chi connectivity index (χ1) is 14.5. The fraction of sp³-hybridized carbons (Fsp3) is 0.300. The highest BCUT2D eigenvalue weighted by molar-refractivity contribution is 9.10. The molecular weight excluding hydrogens is 529 g/mol. The first-order valence-electron chi connectivity index (χ1n) is 9.13. The van der Waals surface area contributed by atoms with Gasteiger partial charge in [0, 0.05) is 33.7 Å². The molecule has 0 aliphatic rings. The largest absolute Gasteiger partial charge is 0.357 e. The Labute approximate surface area is 200 Å². The normalized spacial score (nSPS) is 12.2. The molecule has 2 aromatic carbocycles. The molecule has 0 aliphatic carbocycles. The second kappa shape index (κ2) is 10.7. The summed E-state index contributed by atoms with van der Waals surface area (Å²) >= 11 is 15.8.